The molecule has 0 atom stereocenters. The summed E-state index contributed by atoms with van der Waals surface area (Å²) in [4.78, 5) is 12.5. The van der Waals surface area contributed by atoms with Crippen LogP contribution in [0.25, 0.3) is 11.0 Å². The summed E-state index contributed by atoms with van der Waals surface area (Å²) in [7, 11) is 0. The molecular weight excluding hydrogens is 242 g/mol. The lowest BCUT2D eigenvalue weighted by atomic mass is 9.96. The lowest BCUT2D eigenvalue weighted by Crippen LogP contribution is -2.29. The standard InChI is InChI=1S/C13H19N5O/c1-3-17-9(2)11-12(15-17)13(19)18(16-14-11)10-7-5-4-6-8-10/h10H,3-8H2,1-2H3. The van der Waals surface area contributed by atoms with Crippen LogP contribution in [0.4, 0.5) is 0 Å². The summed E-state index contributed by atoms with van der Waals surface area (Å²) in [6, 6.07) is 0.199. The van der Waals surface area contributed by atoms with Gasteiger partial charge in [-0.2, -0.15) is 5.10 Å². The Bertz CT molecular complexity index is 651. The topological polar surface area (TPSA) is 65.6 Å². The largest absolute Gasteiger partial charge is 0.298 e. The first-order chi connectivity index (χ1) is 9.22. The van der Waals surface area contributed by atoms with E-state index in [1.807, 2.05) is 18.5 Å². The predicted octanol–water partition coefficient (Wildman–Crippen LogP) is 1.82. The number of hydrogen-bond acceptors (Lipinski definition) is 4. The molecular formula is C13H19N5O. The molecule has 6 heteroatoms. The van der Waals surface area contributed by atoms with Crippen LogP contribution in [0, 0.1) is 6.92 Å². The van der Waals surface area contributed by atoms with E-state index in [2.05, 4.69) is 15.4 Å². The zero-order chi connectivity index (χ0) is 13.4. The molecule has 102 valence electrons. The van der Waals surface area contributed by atoms with Crippen LogP contribution in [0.3, 0.4) is 0 Å². The van der Waals surface area contributed by atoms with Crippen molar-refractivity contribution in [1.29, 1.82) is 0 Å². The lowest BCUT2D eigenvalue weighted by Gasteiger charge is -2.21. The zero-order valence-corrected chi connectivity index (χ0v) is 11.5. The number of rotatable bonds is 2. The first-order valence-electron chi connectivity index (χ1n) is 7.05. The average molecular weight is 261 g/mol. The Morgan fingerprint density at radius 2 is 1.95 bits per heavy atom. The maximum Gasteiger partial charge on any atom is 0.298 e. The molecule has 0 amide bonds. The number of hydrogen-bond donors (Lipinski definition) is 0. The molecule has 0 saturated heterocycles. The fourth-order valence-electron chi connectivity index (χ4n) is 2.91. The normalized spacial score (nSPS) is 17.2. The molecule has 0 spiro atoms. The summed E-state index contributed by atoms with van der Waals surface area (Å²) in [5, 5.41) is 12.7. The van der Waals surface area contributed by atoms with Gasteiger partial charge in [0.15, 0.2) is 5.52 Å². The molecule has 0 bridgehead atoms. The quantitative estimate of drug-likeness (QED) is 0.827. The van der Waals surface area contributed by atoms with Gasteiger partial charge in [0, 0.05) is 6.54 Å². The minimum atomic E-state index is -0.0906. The van der Waals surface area contributed by atoms with E-state index in [9.17, 15) is 4.79 Å². The van der Waals surface area contributed by atoms with Crippen molar-refractivity contribution >= 4 is 11.0 Å². The molecule has 0 radical (unpaired) electrons. The van der Waals surface area contributed by atoms with Crippen LogP contribution in [0.2, 0.25) is 0 Å². The summed E-state index contributed by atoms with van der Waals surface area (Å²) in [5.74, 6) is 0. The molecule has 2 aromatic heterocycles. The SMILES string of the molecule is CCn1nc2c(=O)n(C3CCCCC3)nnc2c1C. The number of aromatic nitrogens is 5. The smallest absolute Gasteiger partial charge is 0.267 e. The molecule has 1 fully saturated rings. The van der Waals surface area contributed by atoms with Gasteiger partial charge in [-0.3, -0.25) is 9.48 Å². The number of nitrogens with zero attached hydrogens (tertiary/aromatic N) is 5. The van der Waals surface area contributed by atoms with E-state index in [1.165, 1.54) is 19.3 Å². The van der Waals surface area contributed by atoms with Crippen LogP contribution < -0.4 is 5.56 Å². The van der Waals surface area contributed by atoms with Gasteiger partial charge in [-0.1, -0.05) is 24.5 Å². The Labute approximate surface area is 111 Å². The average Bonchev–Trinajstić information content (AvgIpc) is 2.78. The molecule has 0 N–H and O–H groups in total. The highest BCUT2D eigenvalue weighted by Gasteiger charge is 2.21. The summed E-state index contributed by atoms with van der Waals surface area (Å²) in [5.41, 5.74) is 1.92. The summed E-state index contributed by atoms with van der Waals surface area (Å²) >= 11 is 0. The lowest BCUT2D eigenvalue weighted by molar-refractivity contribution is 0.311. The van der Waals surface area contributed by atoms with E-state index in [-0.39, 0.29) is 11.6 Å². The maximum atomic E-state index is 12.5. The van der Waals surface area contributed by atoms with Gasteiger partial charge in [0.1, 0.15) is 5.52 Å². The minimum Gasteiger partial charge on any atom is -0.267 e. The summed E-state index contributed by atoms with van der Waals surface area (Å²) in [6.45, 7) is 4.68. The second-order valence-corrected chi connectivity index (χ2v) is 5.23. The molecule has 0 unspecified atom stereocenters. The molecule has 3 rings (SSSR count). The first-order valence-corrected chi connectivity index (χ1v) is 7.05. The van der Waals surface area contributed by atoms with Crippen LogP contribution in [0.5, 0.6) is 0 Å². The van der Waals surface area contributed by atoms with E-state index in [4.69, 9.17) is 0 Å². The van der Waals surface area contributed by atoms with E-state index in [0.717, 1.165) is 25.1 Å². The van der Waals surface area contributed by atoms with E-state index >= 15 is 0 Å². The molecule has 2 heterocycles. The van der Waals surface area contributed by atoms with Crippen LogP contribution in [-0.2, 0) is 6.54 Å². The van der Waals surface area contributed by atoms with Gasteiger partial charge in [0.2, 0.25) is 0 Å². The highest BCUT2D eigenvalue weighted by Crippen LogP contribution is 2.26. The van der Waals surface area contributed by atoms with E-state index in [1.54, 1.807) is 4.68 Å². The van der Waals surface area contributed by atoms with Gasteiger partial charge in [-0.15, -0.1) is 5.10 Å². The first kappa shape index (κ1) is 12.3. The fraction of sp³-hybridized carbons (Fsp3) is 0.692. The third kappa shape index (κ3) is 1.95. The third-order valence-corrected chi connectivity index (χ3v) is 4.05. The zero-order valence-electron chi connectivity index (χ0n) is 11.5. The summed E-state index contributed by atoms with van der Waals surface area (Å²) in [6.07, 6.45) is 5.63. The van der Waals surface area contributed by atoms with Crippen LogP contribution in [-0.4, -0.2) is 24.8 Å². The van der Waals surface area contributed by atoms with Gasteiger partial charge >= 0.3 is 0 Å². The molecule has 0 aliphatic heterocycles. The van der Waals surface area contributed by atoms with Crippen molar-refractivity contribution in [2.45, 2.75) is 58.5 Å². The Morgan fingerprint density at radius 3 is 2.63 bits per heavy atom. The van der Waals surface area contributed by atoms with Crippen LogP contribution >= 0.6 is 0 Å². The van der Waals surface area contributed by atoms with Gasteiger partial charge in [0.05, 0.1) is 11.7 Å². The Morgan fingerprint density at radius 1 is 1.21 bits per heavy atom. The molecule has 1 aliphatic carbocycles. The Hall–Kier alpha value is -1.72. The molecule has 2 aromatic rings. The van der Waals surface area contributed by atoms with Gasteiger partial charge in [-0.05, 0) is 26.7 Å². The molecule has 1 saturated carbocycles. The molecule has 6 nitrogen and oxygen atoms in total. The van der Waals surface area contributed by atoms with Gasteiger partial charge in [0.25, 0.3) is 5.56 Å². The molecule has 0 aromatic carbocycles. The minimum absolute atomic E-state index is 0.0906. The predicted molar refractivity (Wildman–Crippen MR) is 72.1 cm³/mol. The monoisotopic (exact) mass is 261 g/mol. The second kappa shape index (κ2) is 4.75. The van der Waals surface area contributed by atoms with E-state index < -0.39 is 0 Å². The van der Waals surface area contributed by atoms with Crippen molar-refractivity contribution < 1.29 is 0 Å². The summed E-state index contributed by atoms with van der Waals surface area (Å²) < 4.78 is 3.36. The molecule has 19 heavy (non-hydrogen) atoms. The van der Waals surface area contributed by atoms with Crippen molar-refractivity contribution in [2.24, 2.45) is 0 Å². The van der Waals surface area contributed by atoms with Gasteiger partial charge in [-0.25, -0.2) is 4.68 Å². The van der Waals surface area contributed by atoms with Crippen LogP contribution in [0.15, 0.2) is 4.79 Å². The maximum absolute atomic E-state index is 12.5. The van der Waals surface area contributed by atoms with Crippen molar-refractivity contribution in [3.63, 3.8) is 0 Å². The Balaban J connectivity index is 2.12. The Kier molecular flexibility index (Phi) is 3.08. The molecule has 1 aliphatic rings. The van der Waals surface area contributed by atoms with Crippen molar-refractivity contribution in [3.05, 3.63) is 16.0 Å². The van der Waals surface area contributed by atoms with Crippen molar-refractivity contribution in [1.82, 2.24) is 24.8 Å². The number of fused-ring (bicyclic) bond motifs is 1. The van der Waals surface area contributed by atoms with Gasteiger partial charge < -0.3 is 0 Å². The second-order valence-electron chi connectivity index (χ2n) is 5.23. The highest BCUT2D eigenvalue weighted by molar-refractivity contribution is 5.75. The van der Waals surface area contributed by atoms with Crippen molar-refractivity contribution in [2.75, 3.05) is 0 Å². The highest BCUT2D eigenvalue weighted by atomic mass is 16.1. The number of aryl methyl sites for hydroxylation is 2. The van der Waals surface area contributed by atoms with Crippen LogP contribution in [0.1, 0.15) is 50.8 Å². The fourth-order valence-corrected chi connectivity index (χ4v) is 2.91. The van der Waals surface area contributed by atoms with Crippen molar-refractivity contribution in [3.8, 4) is 0 Å². The van der Waals surface area contributed by atoms with E-state index in [0.29, 0.717) is 11.0 Å². The third-order valence-electron chi connectivity index (χ3n) is 4.05.